The van der Waals surface area contributed by atoms with Crippen molar-refractivity contribution in [2.75, 3.05) is 32.4 Å². The molecule has 1 atom stereocenters. The van der Waals surface area contributed by atoms with Gasteiger partial charge in [0.15, 0.2) is 0 Å². The minimum absolute atomic E-state index is 0.0321. The number of hydrogen-bond donors (Lipinski definition) is 0. The summed E-state index contributed by atoms with van der Waals surface area (Å²) >= 11 is 0. The van der Waals surface area contributed by atoms with Gasteiger partial charge in [0.1, 0.15) is 17.5 Å². The lowest BCUT2D eigenvalue weighted by Crippen LogP contribution is -2.49. The summed E-state index contributed by atoms with van der Waals surface area (Å²) in [7, 11) is -1.07. The van der Waals surface area contributed by atoms with Crippen molar-refractivity contribution in [3.8, 4) is 0 Å². The summed E-state index contributed by atoms with van der Waals surface area (Å²) in [6.45, 7) is 4.12. The van der Waals surface area contributed by atoms with Crippen molar-refractivity contribution in [1.82, 2.24) is 9.80 Å². The molecule has 1 aliphatic heterocycles. The fourth-order valence-corrected chi connectivity index (χ4v) is 6.82. The van der Waals surface area contributed by atoms with Gasteiger partial charge in [0.05, 0.1) is 12.5 Å². The van der Waals surface area contributed by atoms with Gasteiger partial charge in [-0.1, -0.05) is 42.5 Å². The lowest BCUT2D eigenvalue weighted by molar-refractivity contribution is -0.132. The second-order valence-electron chi connectivity index (χ2n) is 11.5. The number of allylic oxidation sites excluding steroid dienone is 2. The summed E-state index contributed by atoms with van der Waals surface area (Å²) in [5, 5.41) is 0. The molecule has 45 heavy (non-hydrogen) atoms. The zero-order chi connectivity index (χ0) is 31.7. The van der Waals surface area contributed by atoms with Crippen molar-refractivity contribution in [3.63, 3.8) is 0 Å². The number of fused-ring (bicyclic) bond motifs is 1. The Bertz CT molecular complexity index is 1760. The Labute approximate surface area is 264 Å². The van der Waals surface area contributed by atoms with E-state index in [1.165, 1.54) is 36.4 Å². The largest absolute Gasteiger partial charge is 0.340 e. The van der Waals surface area contributed by atoms with Crippen LogP contribution in [0.2, 0.25) is 0 Å². The van der Waals surface area contributed by atoms with Gasteiger partial charge in [-0.15, -0.1) is 0 Å². The Balaban J connectivity index is 1.21. The third-order valence-corrected chi connectivity index (χ3v) is 9.64. The predicted molar refractivity (Wildman–Crippen MR) is 173 cm³/mol. The molecule has 0 spiro atoms. The van der Waals surface area contributed by atoms with Gasteiger partial charge < -0.3 is 4.90 Å². The van der Waals surface area contributed by atoms with E-state index in [9.17, 15) is 22.2 Å². The number of nitrogens with zero attached hydrogens (tertiary/aromatic N) is 2. The lowest BCUT2D eigenvalue weighted by Gasteiger charge is -2.40. The average Bonchev–Trinajstić information content (AvgIpc) is 3.28. The van der Waals surface area contributed by atoms with Crippen LogP contribution in [-0.2, 0) is 15.6 Å². The molecule has 4 aromatic rings. The number of rotatable bonds is 7. The molecule has 230 valence electrons. The zero-order valence-corrected chi connectivity index (χ0v) is 25.9. The molecule has 1 saturated heterocycles. The number of hydrogen-bond acceptors (Lipinski definition) is 3. The highest BCUT2D eigenvalue weighted by molar-refractivity contribution is 7.84. The van der Waals surface area contributed by atoms with E-state index in [0.717, 1.165) is 49.4 Å². The van der Waals surface area contributed by atoms with Gasteiger partial charge in [-0.05, 0) is 106 Å². The summed E-state index contributed by atoms with van der Waals surface area (Å²) in [5.74, 6) is -1.04. The number of benzene rings is 4. The van der Waals surface area contributed by atoms with Crippen LogP contribution in [0.15, 0.2) is 101 Å². The highest BCUT2D eigenvalue weighted by atomic mass is 32.2. The van der Waals surface area contributed by atoms with Crippen molar-refractivity contribution < 1.29 is 22.2 Å². The lowest BCUT2D eigenvalue weighted by atomic mass is 9.96. The fraction of sp³-hybridized carbons (Fsp3) is 0.216. The van der Waals surface area contributed by atoms with Crippen LogP contribution in [0.3, 0.4) is 0 Å². The highest BCUT2D eigenvalue weighted by Crippen LogP contribution is 2.44. The van der Waals surface area contributed by atoms with Crippen LogP contribution in [0.25, 0.3) is 17.2 Å². The Morgan fingerprint density at radius 2 is 1.33 bits per heavy atom. The first-order valence-electron chi connectivity index (χ1n) is 14.9. The molecule has 0 saturated carbocycles. The normalized spacial score (nSPS) is 16.8. The molecular formula is C37H33F3N2O2S. The standard InChI is InChI=1S/C37H33F3N2O2S/c1-24-33(21-25-3-14-31(15-4-25)45(2)44)32-16-13-30(40)22-35(32)34(24)23-36(43)41-17-19-42(20-18-41)37(26-5-9-28(38)10-6-26)27-7-11-29(39)12-8-27/h3-16,21-22,37H,17-20,23H2,1-2H3. The summed E-state index contributed by atoms with van der Waals surface area (Å²) in [5.41, 5.74) is 6.99. The summed E-state index contributed by atoms with van der Waals surface area (Å²) in [6, 6.07) is 24.7. The number of carbonyl (C=O) groups is 1. The van der Waals surface area contributed by atoms with Crippen molar-refractivity contribution in [2.24, 2.45) is 0 Å². The minimum atomic E-state index is -1.07. The highest BCUT2D eigenvalue weighted by Gasteiger charge is 2.31. The first-order chi connectivity index (χ1) is 21.7. The Morgan fingerprint density at radius 1 is 0.778 bits per heavy atom. The van der Waals surface area contributed by atoms with E-state index in [1.807, 2.05) is 42.2 Å². The average molecular weight is 627 g/mol. The van der Waals surface area contributed by atoms with Crippen LogP contribution in [-0.4, -0.2) is 52.4 Å². The third-order valence-electron chi connectivity index (χ3n) is 8.71. The van der Waals surface area contributed by atoms with E-state index in [0.29, 0.717) is 26.2 Å². The van der Waals surface area contributed by atoms with Crippen LogP contribution in [0, 0.1) is 17.5 Å². The monoisotopic (exact) mass is 626 g/mol. The Hall–Kier alpha value is -4.27. The maximum absolute atomic E-state index is 14.5. The van der Waals surface area contributed by atoms with Crippen molar-refractivity contribution >= 4 is 33.9 Å². The molecule has 1 fully saturated rings. The van der Waals surface area contributed by atoms with E-state index < -0.39 is 10.8 Å². The summed E-state index contributed by atoms with van der Waals surface area (Å²) in [6.07, 6.45) is 3.81. The fourth-order valence-electron chi connectivity index (χ4n) is 6.30. The summed E-state index contributed by atoms with van der Waals surface area (Å²) < 4.78 is 53.7. The van der Waals surface area contributed by atoms with Gasteiger partial charge in [0.2, 0.25) is 5.91 Å². The maximum atomic E-state index is 14.5. The molecule has 0 N–H and O–H groups in total. The second kappa shape index (κ2) is 13.0. The van der Waals surface area contributed by atoms with Crippen LogP contribution < -0.4 is 0 Å². The molecule has 1 amide bonds. The van der Waals surface area contributed by atoms with Crippen LogP contribution >= 0.6 is 0 Å². The van der Waals surface area contributed by atoms with Crippen molar-refractivity contribution in [1.29, 1.82) is 0 Å². The SMILES string of the molecule is CC1=C(CC(=O)N2CCN(C(c3ccc(F)cc3)c3ccc(F)cc3)CC2)c2cc(F)ccc2C1=Cc1ccc(S(C)=O)cc1. The van der Waals surface area contributed by atoms with E-state index in [2.05, 4.69) is 4.90 Å². The number of piperazine rings is 1. The predicted octanol–water partition coefficient (Wildman–Crippen LogP) is 7.49. The zero-order valence-electron chi connectivity index (χ0n) is 25.1. The molecule has 8 heteroatoms. The van der Waals surface area contributed by atoms with Crippen LogP contribution in [0.1, 0.15) is 47.2 Å². The van der Waals surface area contributed by atoms with Crippen LogP contribution in [0.5, 0.6) is 0 Å². The molecular weight excluding hydrogens is 593 g/mol. The molecule has 0 radical (unpaired) electrons. The third kappa shape index (κ3) is 6.58. The summed E-state index contributed by atoms with van der Waals surface area (Å²) in [4.78, 5) is 18.5. The Kier molecular flexibility index (Phi) is 8.88. The molecule has 4 nitrogen and oxygen atoms in total. The van der Waals surface area contributed by atoms with Gasteiger partial charge in [0.25, 0.3) is 0 Å². The van der Waals surface area contributed by atoms with E-state index in [4.69, 9.17) is 0 Å². The molecule has 1 aliphatic carbocycles. The van der Waals surface area contributed by atoms with Gasteiger partial charge in [-0.25, -0.2) is 13.2 Å². The van der Waals surface area contributed by atoms with Crippen LogP contribution in [0.4, 0.5) is 13.2 Å². The first-order valence-corrected chi connectivity index (χ1v) is 16.4. The Morgan fingerprint density at radius 3 is 1.89 bits per heavy atom. The van der Waals surface area contributed by atoms with E-state index >= 15 is 0 Å². The molecule has 2 aliphatic rings. The number of amides is 1. The van der Waals surface area contributed by atoms with Gasteiger partial charge >= 0.3 is 0 Å². The van der Waals surface area contributed by atoms with Gasteiger partial charge in [-0.3, -0.25) is 13.9 Å². The number of halogens is 3. The molecule has 0 aromatic heterocycles. The quantitative estimate of drug-likeness (QED) is 0.214. The minimum Gasteiger partial charge on any atom is -0.340 e. The molecule has 0 bridgehead atoms. The topological polar surface area (TPSA) is 40.6 Å². The van der Waals surface area contributed by atoms with E-state index in [-0.39, 0.29) is 35.8 Å². The maximum Gasteiger partial charge on any atom is 0.227 e. The van der Waals surface area contributed by atoms with Crippen molar-refractivity contribution in [3.05, 3.63) is 142 Å². The molecule has 1 unspecified atom stereocenters. The van der Waals surface area contributed by atoms with Crippen molar-refractivity contribution in [2.45, 2.75) is 24.3 Å². The molecule has 6 rings (SSSR count). The van der Waals surface area contributed by atoms with E-state index in [1.54, 1.807) is 36.6 Å². The molecule has 4 aromatic carbocycles. The van der Waals surface area contributed by atoms with Gasteiger partial charge in [0, 0.05) is 48.1 Å². The van der Waals surface area contributed by atoms with Gasteiger partial charge in [-0.2, -0.15) is 0 Å². The number of carbonyl (C=O) groups excluding carboxylic acids is 1. The first kappa shape index (κ1) is 30.7. The smallest absolute Gasteiger partial charge is 0.227 e. The second-order valence-corrected chi connectivity index (χ2v) is 12.9. The molecule has 1 heterocycles.